The first-order chi connectivity index (χ1) is 11.7. The van der Waals surface area contributed by atoms with Gasteiger partial charge in [0.1, 0.15) is 5.60 Å². The first kappa shape index (κ1) is 19.3. The number of fused-ring (bicyclic) bond motifs is 1. The minimum Gasteiger partial charge on any atom is -0.466 e. The van der Waals surface area contributed by atoms with Crippen molar-refractivity contribution in [2.75, 3.05) is 13.2 Å². The highest BCUT2D eigenvalue weighted by molar-refractivity contribution is 5.71. The number of carbonyl (C=O) groups excluding carboxylic acids is 2. The molecule has 0 bridgehead atoms. The summed E-state index contributed by atoms with van der Waals surface area (Å²) in [4.78, 5) is 25.8. The van der Waals surface area contributed by atoms with Crippen molar-refractivity contribution in [1.82, 2.24) is 4.90 Å². The smallest absolute Gasteiger partial charge is 0.410 e. The summed E-state index contributed by atoms with van der Waals surface area (Å²) in [5, 5.41) is 0. The van der Waals surface area contributed by atoms with Gasteiger partial charge in [-0.2, -0.15) is 0 Å². The first-order valence-electron chi connectivity index (χ1n) is 8.95. The van der Waals surface area contributed by atoms with E-state index in [-0.39, 0.29) is 18.0 Å². The summed E-state index contributed by atoms with van der Waals surface area (Å²) < 4.78 is 10.5. The average Bonchev–Trinajstić information content (AvgIpc) is 2.52. The second kappa shape index (κ2) is 7.89. The van der Waals surface area contributed by atoms with Gasteiger partial charge in [-0.1, -0.05) is 25.1 Å². The third-order valence-corrected chi connectivity index (χ3v) is 4.26. The van der Waals surface area contributed by atoms with Crippen molar-refractivity contribution in [3.8, 4) is 0 Å². The first-order valence-corrected chi connectivity index (χ1v) is 8.95. The fourth-order valence-electron chi connectivity index (χ4n) is 3.16. The van der Waals surface area contributed by atoms with Crippen LogP contribution in [0, 0.1) is 0 Å². The molecule has 0 aliphatic carbocycles. The third-order valence-electron chi connectivity index (χ3n) is 4.26. The molecule has 5 nitrogen and oxygen atoms in total. The molecule has 2 rings (SSSR count). The maximum Gasteiger partial charge on any atom is 0.410 e. The van der Waals surface area contributed by atoms with Gasteiger partial charge in [0, 0.05) is 13.1 Å². The number of rotatable bonds is 4. The Labute approximate surface area is 150 Å². The van der Waals surface area contributed by atoms with E-state index >= 15 is 0 Å². The summed E-state index contributed by atoms with van der Waals surface area (Å²) in [6.45, 7) is 11.1. The molecule has 1 heterocycles. The molecule has 25 heavy (non-hydrogen) atoms. The molecule has 0 radical (unpaired) electrons. The molecule has 0 spiro atoms. The molecular formula is C20H29NO4. The molecule has 138 valence electrons. The van der Waals surface area contributed by atoms with E-state index < -0.39 is 5.60 Å². The van der Waals surface area contributed by atoms with Gasteiger partial charge in [-0.05, 0) is 56.7 Å². The van der Waals surface area contributed by atoms with Crippen LogP contribution in [-0.4, -0.2) is 35.7 Å². The summed E-state index contributed by atoms with van der Waals surface area (Å²) in [6, 6.07) is 6.12. The summed E-state index contributed by atoms with van der Waals surface area (Å²) in [7, 11) is 0. The third kappa shape index (κ3) is 5.21. The van der Waals surface area contributed by atoms with Gasteiger partial charge in [0.05, 0.1) is 13.0 Å². The second-order valence-electron chi connectivity index (χ2n) is 7.55. The van der Waals surface area contributed by atoms with E-state index in [1.807, 2.05) is 46.8 Å². The predicted octanol–water partition coefficient (Wildman–Crippen LogP) is 4.04. The van der Waals surface area contributed by atoms with Crippen LogP contribution in [0.3, 0.4) is 0 Å². The molecule has 0 unspecified atom stereocenters. The van der Waals surface area contributed by atoms with Gasteiger partial charge < -0.3 is 14.4 Å². The van der Waals surface area contributed by atoms with Crippen LogP contribution in [0.15, 0.2) is 18.2 Å². The number of carbonyl (C=O) groups is 2. The van der Waals surface area contributed by atoms with E-state index in [1.165, 1.54) is 11.1 Å². The number of esters is 1. The highest BCUT2D eigenvalue weighted by Crippen LogP contribution is 2.30. The van der Waals surface area contributed by atoms with Crippen molar-refractivity contribution in [2.24, 2.45) is 0 Å². The molecule has 1 aromatic rings. The van der Waals surface area contributed by atoms with Crippen LogP contribution in [-0.2, 0) is 27.2 Å². The highest BCUT2D eigenvalue weighted by atomic mass is 16.6. The van der Waals surface area contributed by atoms with Gasteiger partial charge >= 0.3 is 12.1 Å². The van der Waals surface area contributed by atoms with Crippen molar-refractivity contribution in [2.45, 2.75) is 65.5 Å². The van der Waals surface area contributed by atoms with E-state index in [0.717, 1.165) is 12.0 Å². The van der Waals surface area contributed by atoms with Crippen molar-refractivity contribution in [3.63, 3.8) is 0 Å². The molecule has 1 aliphatic heterocycles. The lowest BCUT2D eigenvalue weighted by molar-refractivity contribution is -0.143. The Morgan fingerprint density at radius 1 is 1.28 bits per heavy atom. The zero-order chi connectivity index (χ0) is 18.6. The standard InChI is InChI=1S/C20H29NO4/c1-6-24-18(22)12-14(2)16-9-7-8-15-13-21(11-10-17(15)16)19(23)25-20(3,4)5/h7-9,14H,6,10-13H2,1-5H3/t14-/m1/s1. The number of benzene rings is 1. The van der Waals surface area contributed by atoms with E-state index in [4.69, 9.17) is 9.47 Å². The topological polar surface area (TPSA) is 55.8 Å². The van der Waals surface area contributed by atoms with Gasteiger partial charge in [0.2, 0.25) is 0 Å². The molecule has 0 N–H and O–H groups in total. The van der Waals surface area contributed by atoms with Gasteiger partial charge in [0.15, 0.2) is 0 Å². The van der Waals surface area contributed by atoms with Gasteiger partial charge in [-0.15, -0.1) is 0 Å². The van der Waals surface area contributed by atoms with Crippen LogP contribution >= 0.6 is 0 Å². The Bertz CT molecular complexity index is 633. The lowest BCUT2D eigenvalue weighted by atomic mass is 9.87. The average molecular weight is 347 g/mol. The molecule has 0 saturated heterocycles. The Morgan fingerprint density at radius 2 is 2.00 bits per heavy atom. The fourth-order valence-corrected chi connectivity index (χ4v) is 3.16. The maximum atomic E-state index is 12.3. The molecular weight excluding hydrogens is 318 g/mol. The summed E-state index contributed by atoms with van der Waals surface area (Å²) in [5.41, 5.74) is 3.06. The minimum atomic E-state index is -0.493. The predicted molar refractivity (Wildman–Crippen MR) is 96.5 cm³/mol. The van der Waals surface area contributed by atoms with Crippen LogP contribution in [0.25, 0.3) is 0 Å². The number of hydrogen-bond acceptors (Lipinski definition) is 4. The van der Waals surface area contributed by atoms with Crippen LogP contribution in [0.1, 0.15) is 63.6 Å². The lowest BCUT2D eigenvalue weighted by Gasteiger charge is -2.32. The van der Waals surface area contributed by atoms with E-state index in [1.54, 1.807) is 4.90 Å². The SMILES string of the molecule is CCOC(=O)C[C@@H](C)c1cccc2c1CCN(C(=O)OC(C)(C)C)C2. The number of nitrogens with zero attached hydrogens (tertiary/aromatic N) is 1. The van der Waals surface area contributed by atoms with Gasteiger partial charge in [0.25, 0.3) is 0 Å². The number of ether oxygens (including phenoxy) is 2. The highest BCUT2D eigenvalue weighted by Gasteiger charge is 2.27. The molecule has 0 aromatic heterocycles. The molecule has 1 atom stereocenters. The van der Waals surface area contributed by atoms with Gasteiger partial charge in [-0.25, -0.2) is 4.79 Å². The van der Waals surface area contributed by atoms with Crippen LogP contribution in [0.2, 0.25) is 0 Å². The zero-order valence-corrected chi connectivity index (χ0v) is 15.9. The number of hydrogen-bond donors (Lipinski definition) is 0. The monoisotopic (exact) mass is 347 g/mol. The largest absolute Gasteiger partial charge is 0.466 e. The van der Waals surface area contributed by atoms with Crippen LogP contribution in [0.5, 0.6) is 0 Å². The molecule has 1 amide bonds. The Kier molecular flexibility index (Phi) is 6.09. The summed E-state index contributed by atoms with van der Waals surface area (Å²) in [5.74, 6) is -0.0686. The molecule has 5 heteroatoms. The molecule has 0 saturated carbocycles. The van der Waals surface area contributed by atoms with Crippen molar-refractivity contribution >= 4 is 12.1 Å². The van der Waals surface area contributed by atoms with Crippen LogP contribution < -0.4 is 0 Å². The molecule has 1 aliphatic rings. The lowest BCUT2D eigenvalue weighted by Crippen LogP contribution is -2.40. The maximum absolute atomic E-state index is 12.3. The molecule has 0 fully saturated rings. The second-order valence-corrected chi connectivity index (χ2v) is 7.55. The zero-order valence-electron chi connectivity index (χ0n) is 15.9. The Hall–Kier alpha value is -2.04. The minimum absolute atomic E-state index is 0.0991. The Morgan fingerprint density at radius 3 is 2.64 bits per heavy atom. The normalized spacial score (nSPS) is 15.3. The quantitative estimate of drug-likeness (QED) is 0.772. The van der Waals surface area contributed by atoms with Crippen molar-refractivity contribution in [3.05, 3.63) is 34.9 Å². The molecule has 1 aromatic carbocycles. The van der Waals surface area contributed by atoms with Crippen molar-refractivity contribution in [1.29, 1.82) is 0 Å². The summed E-state index contributed by atoms with van der Waals surface area (Å²) >= 11 is 0. The van der Waals surface area contributed by atoms with E-state index in [2.05, 4.69) is 6.07 Å². The fraction of sp³-hybridized carbons (Fsp3) is 0.600. The van der Waals surface area contributed by atoms with E-state index in [0.29, 0.717) is 26.1 Å². The Balaban J connectivity index is 2.12. The number of amides is 1. The van der Waals surface area contributed by atoms with E-state index in [9.17, 15) is 9.59 Å². The van der Waals surface area contributed by atoms with Crippen molar-refractivity contribution < 1.29 is 19.1 Å². The van der Waals surface area contributed by atoms with Crippen LogP contribution in [0.4, 0.5) is 4.79 Å². The summed E-state index contributed by atoms with van der Waals surface area (Å²) in [6.07, 6.45) is 0.876. The van der Waals surface area contributed by atoms with Gasteiger partial charge in [-0.3, -0.25) is 4.79 Å².